The fourth-order valence-corrected chi connectivity index (χ4v) is 2.58. The maximum atomic E-state index is 11.6. The van der Waals surface area contributed by atoms with Gasteiger partial charge in [0.2, 0.25) is 11.8 Å². The van der Waals surface area contributed by atoms with Crippen LogP contribution < -0.4 is 4.90 Å². The molecule has 2 aromatic rings. The Morgan fingerprint density at radius 2 is 2.06 bits per heavy atom. The Kier molecular flexibility index (Phi) is 2.85. The van der Waals surface area contributed by atoms with E-state index < -0.39 is 0 Å². The van der Waals surface area contributed by atoms with Crippen molar-refractivity contribution in [2.75, 3.05) is 10.7 Å². The fraction of sp³-hybridized carbons (Fsp3) is 0.0909. The summed E-state index contributed by atoms with van der Waals surface area (Å²) in [6, 6.07) is 9.50. The molecule has 2 heterocycles. The summed E-state index contributed by atoms with van der Waals surface area (Å²) < 4.78 is 5.92. The molecule has 0 radical (unpaired) electrons. The Bertz CT molecular complexity index is 596. The molecule has 0 N–H and O–H groups in total. The van der Waals surface area contributed by atoms with Crippen LogP contribution in [0.5, 0.6) is 0 Å². The van der Waals surface area contributed by atoms with Gasteiger partial charge in [-0.3, -0.25) is 4.79 Å². The Labute approximate surface area is 112 Å². The predicted molar refractivity (Wildman–Crippen MR) is 72.3 cm³/mol. The lowest BCUT2D eigenvalue weighted by Gasteiger charge is -2.07. The maximum Gasteiger partial charge on any atom is 0.331 e. The Morgan fingerprint density at radius 3 is 2.72 bits per heavy atom. The zero-order valence-corrected chi connectivity index (χ0v) is 10.7. The van der Waals surface area contributed by atoms with E-state index in [0.717, 1.165) is 5.56 Å². The number of hydrogen-bond acceptors (Lipinski definition) is 6. The summed E-state index contributed by atoms with van der Waals surface area (Å²) in [5, 5.41) is 7.78. The van der Waals surface area contributed by atoms with Crippen LogP contribution in [-0.4, -0.2) is 26.2 Å². The molecular weight excluding hydrogens is 270 g/mol. The third-order valence-corrected chi connectivity index (χ3v) is 3.73. The van der Waals surface area contributed by atoms with Crippen molar-refractivity contribution in [3.05, 3.63) is 30.3 Å². The number of benzene rings is 1. The summed E-state index contributed by atoms with van der Waals surface area (Å²) in [5.41, 5.74) is 0.807. The van der Waals surface area contributed by atoms with Gasteiger partial charge in [0.05, 0.1) is 5.75 Å². The van der Waals surface area contributed by atoms with Crippen molar-refractivity contribution in [3.8, 4) is 11.5 Å². The second kappa shape index (κ2) is 4.51. The number of thiocarbonyl (C=S) groups is 1. The zero-order chi connectivity index (χ0) is 12.5. The molecule has 1 saturated heterocycles. The van der Waals surface area contributed by atoms with Gasteiger partial charge in [-0.15, -0.1) is 5.10 Å². The van der Waals surface area contributed by atoms with Crippen LogP contribution in [0.15, 0.2) is 34.7 Å². The van der Waals surface area contributed by atoms with Crippen molar-refractivity contribution >= 4 is 40.2 Å². The van der Waals surface area contributed by atoms with Crippen LogP contribution in [0.4, 0.5) is 6.01 Å². The standard InChI is InChI=1S/C11H7N3O2S2/c15-8-6-18-11(17)14(8)10-13-12-9(16-10)7-4-2-1-3-5-7/h1-5H,6H2. The first kappa shape index (κ1) is 11.4. The van der Waals surface area contributed by atoms with Crippen molar-refractivity contribution in [1.29, 1.82) is 0 Å². The molecule has 7 heteroatoms. The molecule has 5 nitrogen and oxygen atoms in total. The van der Waals surface area contributed by atoms with Crippen molar-refractivity contribution in [3.63, 3.8) is 0 Å². The Morgan fingerprint density at radius 1 is 1.28 bits per heavy atom. The molecule has 0 atom stereocenters. The fourth-order valence-electron chi connectivity index (χ4n) is 1.54. The van der Waals surface area contributed by atoms with Gasteiger partial charge >= 0.3 is 6.01 Å². The molecule has 90 valence electrons. The number of thioether (sulfide) groups is 1. The van der Waals surface area contributed by atoms with Gasteiger partial charge in [-0.25, -0.2) is 4.90 Å². The summed E-state index contributed by atoms with van der Waals surface area (Å²) in [7, 11) is 0. The lowest BCUT2D eigenvalue weighted by atomic mass is 10.2. The average molecular weight is 277 g/mol. The van der Waals surface area contributed by atoms with E-state index in [2.05, 4.69) is 10.2 Å². The van der Waals surface area contributed by atoms with Crippen molar-refractivity contribution in [2.24, 2.45) is 0 Å². The van der Waals surface area contributed by atoms with Crippen molar-refractivity contribution in [1.82, 2.24) is 10.2 Å². The van der Waals surface area contributed by atoms with Crippen LogP contribution in [0.1, 0.15) is 0 Å². The summed E-state index contributed by atoms with van der Waals surface area (Å²) >= 11 is 6.36. The largest absolute Gasteiger partial charge is 0.403 e. The quantitative estimate of drug-likeness (QED) is 0.783. The molecule has 3 rings (SSSR count). The van der Waals surface area contributed by atoms with E-state index in [0.29, 0.717) is 16.0 Å². The highest BCUT2D eigenvalue weighted by atomic mass is 32.2. The van der Waals surface area contributed by atoms with Crippen LogP contribution in [-0.2, 0) is 4.79 Å². The summed E-state index contributed by atoms with van der Waals surface area (Å²) in [6.07, 6.45) is 0. The van der Waals surface area contributed by atoms with Crippen LogP contribution in [0.2, 0.25) is 0 Å². The lowest BCUT2D eigenvalue weighted by molar-refractivity contribution is -0.115. The number of amides is 1. The number of hydrogen-bond donors (Lipinski definition) is 0. The summed E-state index contributed by atoms with van der Waals surface area (Å²) in [5.74, 6) is 0.563. The number of carbonyl (C=O) groups excluding carboxylic acids is 1. The molecule has 0 bridgehead atoms. The number of rotatable bonds is 2. The Hall–Kier alpha value is -1.73. The number of anilines is 1. The monoisotopic (exact) mass is 277 g/mol. The molecule has 1 amide bonds. The van der Waals surface area contributed by atoms with Crippen molar-refractivity contribution < 1.29 is 9.21 Å². The zero-order valence-electron chi connectivity index (χ0n) is 9.07. The third-order valence-electron chi connectivity index (χ3n) is 2.38. The number of aromatic nitrogens is 2. The minimum Gasteiger partial charge on any atom is -0.403 e. The molecule has 1 aromatic carbocycles. The number of nitrogens with zero attached hydrogens (tertiary/aromatic N) is 3. The van der Waals surface area contributed by atoms with E-state index in [4.69, 9.17) is 16.6 Å². The highest BCUT2D eigenvalue weighted by molar-refractivity contribution is 8.24. The molecular formula is C11H7N3O2S2. The Balaban J connectivity index is 1.95. The molecule has 1 aromatic heterocycles. The van der Waals surface area contributed by atoms with Crippen LogP contribution in [0, 0.1) is 0 Å². The molecule has 1 aliphatic heterocycles. The maximum absolute atomic E-state index is 11.6. The number of carbonyl (C=O) groups is 1. The van der Waals surface area contributed by atoms with Gasteiger partial charge in [0.15, 0.2) is 4.32 Å². The van der Waals surface area contributed by atoms with E-state index in [1.807, 2.05) is 30.3 Å². The van der Waals surface area contributed by atoms with Gasteiger partial charge < -0.3 is 4.42 Å². The van der Waals surface area contributed by atoms with E-state index >= 15 is 0 Å². The minimum atomic E-state index is -0.131. The van der Waals surface area contributed by atoms with Crippen LogP contribution >= 0.6 is 24.0 Å². The van der Waals surface area contributed by atoms with Crippen LogP contribution in [0.3, 0.4) is 0 Å². The van der Waals surface area contributed by atoms with Crippen LogP contribution in [0.25, 0.3) is 11.5 Å². The topological polar surface area (TPSA) is 59.2 Å². The first-order chi connectivity index (χ1) is 8.75. The first-order valence-electron chi connectivity index (χ1n) is 5.14. The van der Waals surface area contributed by atoms with Gasteiger partial charge in [0.25, 0.3) is 0 Å². The van der Waals surface area contributed by atoms with Gasteiger partial charge in [0.1, 0.15) is 0 Å². The smallest absolute Gasteiger partial charge is 0.331 e. The molecule has 18 heavy (non-hydrogen) atoms. The highest BCUT2D eigenvalue weighted by Gasteiger charge is 2.32. The minimum absolute atomic E-state index is 0.131. The molecule has 1 aliphatic rings. The molecule has 0 saturated carbocycles. The predicted octanol–water partition coefficient (Wildman–Crippen LogP) is 2.10. The molecule has 0 spiro atoms. The van der Waals surface area contributed by atoms with Gasteiger partial charge in [-0.2, -0.15) is 0 Å². The van der Waals surface area contributed by atoms with E-state index in [1.165, 1.54) is 16.7 Å². The second-order valence-electron chi connectivity index (χ2n) is 3.54. The molecule has 0 aliphatic carbocycles. The van der Waals surface area contributed by atoms with E-state index in [1.54, 1.807) is 0 Å². The SMILES string of the molecule is O=C1CSC(=S)N1c1nnc(-c2ccccc2)o1. The van der Waals surface area contributed by atoms with Crippen molar-refractivity contribution in [2.45, 2.75) is 0 Å². The van der Waals surface area contributed by atoms with E-state index in [9.17, 15) is 4.79 Å². The second-order valence-corrected chi connectivity index (χ2v) is 5.15. The highest BCUT2D eigenvalue weighted by Crippen LogP contribution is 2.28. The van der Waals surface area contributed by atoms with E-state index in [-0.39, 0.29) is 11.9 Å². The molecule has 1 fully saturated rings. The lowest BCUT2D eigenvalue weighted by Crippen LogP contribution is -2.28. The average Bonchev–Trinajstić information content (AvgIpc) is 2.98. The van der Waals surface area contributed by atoms with Gasteiger partial charge in [-0.05, 0) is 12.1 Å². The summed E-state index contributed by atoms with van der Waals surface area (Å²) in [4.78, 5) is 12.9. The summed E-state index contributed by atoms with van der Waals surface area (Å²) in [6.45, 7) is 0. The normalized spacial score (nSPS) is 15.4. The van der Waals surface area contributed by atoms with Gasteiger partial charge in [-0.1, -0.05) is 47.3 Å². The first-order valence-corrected chi connectivity index (χ1v) is 6.54. The third kappa shape index (κ3) is 1.91. The molecule has 0 unspecified atom stereocenters. The van der Waals surface area contributed by atoms with Gasteiger partial charge in [0, 0.05) is 5.56 Å².